The normalized spacial score (nSPS) is 12.2. The highest BCUT2D eigenvalue weighted by atomic mass is 15.1. The summed E-state index contributed by atoms with van der Waals surface area (Å²) in [6.07, 6.45) is 0.901. The topological polar surface area (TPSA) is 29.3 Å². The summed E-state index contributed by atoms with van der Waals surface area (Å²) in [6, 6.07) is 17.3. The highest BCUT2D eigenvalue weighted by Gasteiger charge is 2.13. The quantitative estimate of drug-likeness (QED) is 0.886. The van der Waals surface area contributed by atoms with Gasteiger partial charge in [-0.05, 0) is 50.5 Å². The Morgan fingerprint density at radius 3 is 2.20 bits per heavy atom. The lowest BCUT2D eigenvalue weighted by atomic mass is 10.0. The summed E-state index contributed by atoms with van der Waals surface area (Å²) in [6.45, 7) is 7.35. The maximum atomic E-state index is 5.98. The van der Waals surface area contributed by atoms with Gasteiger partial charge in [-0.2, -0.15) is 0 Å². The Bertz CT molecular complexity index is 561. The van der Waals surface area contributed by atoms with Gasteiger partial charge in [0.2, 0.25) is 0 Å². The van der Waals surface area contributed by atoms with Crippen molar-refractivity contribution in [1.29, 1.82) is 0 Å². The van der Waals surface area contributed by atoms with Crippen LogP contribution in [0.25, 0.3) is 0 Å². The molecule has 1 unspecified atom stereocenters. The molecule has 2 N–H and O–H groups in total. The second kappa shape index (κ2) is 6.58. The van der Waals surface area contributed by atoms with Crippen LogP contribution in [0.15, 0.2) is 48.5 Å². The van der Waals surface area contributed by atoms with E-state index in [2.05, 4.69) is 74.2 Å². The second-order valence-corrected chi connectivity index (χ2v) is 5.34. The van der Waals surface area contributed by atoms with Gasteiger partial charge in [-0.15, -0.1) is 0 Å². The zero-order valence-electron chi connectivity index (χ0n) is 12.6. The molecule has 0 radical (unpaired) electrons. The Kier molecular flexibility index (Phi) is 4.80. The molecule has 0 aliphatic heterocycles. The third-order valence-corrected chi connectivity index (χ3v) is 3.55. The lowest BCUT2D eigenvalue weighted by Gasteiger charge is -2.28. The van der Waals surface area contributed by atoms with Crippen molar-refractivity contribution in [3.63, 3.8) is 0 Å². The molecule has 2 nitrogen and oxygen atoms in total. The van der Waals surface area contributed by atoms with Gasteiger partial charge in [0.25, 0.3) is 0 Å². The lowest BCUT2D eigenvalue weighted by Crippen LogP contribution is -2.22. The first kappa shape index (κ1) is 14.6. The van der Waals surface area contributed by atoms with Gasteiger partial charge in [0, 0.05) is 24.0 Å². The monoisotopic (exact) mass is 268 g/mol. The summed E-state index contributed by atoms with van der Waals surface area (Å²) in [5.41, 5.74) is 11.1. The van der Waals surface area contributed by atoms with E-state index in [4.69, 9.17) is 5.73 Å². The van der Waals surface area contributed by atoms with E-state index in [1.807, 2.05) is 0 Å². The van der Waals surface area contributed by atoms with Gasteiger partial charge in [0.1, 0.15) is 0 Å². The minimum absolute atomic E-state index is 0.173. The van der Waals surface area contributed by atoms with Gasteiger partial charge in [-0.1, -0.05) is 36.4 Å². The molecule has 0 spiro atoms. The van der Waals surface area contributed by atoms with Crippen LogP contribution >= 0.6 is 0 Å². The van der Waals surface area contributed by atoms with Crippen molar-refractivity contribution in [3.8, 4) is 0 Å². The minimum atomic E-state index is 0.173. The largest absolute Gasteiger partial charge is 0.341 e. The molecular formula is C18H24N2. The molecule has 0 aliphatic carbocycles. The second-order valence-electron chi connectivity index (χ2n) is 5.34. The summed E-state index contributed by atoms with van der Waals surface area (Å²) < 4.78 is 0. The highest BCUT2D eigenvalue weighted by Crippen LogP contribution is 2.31. The smallest absolute Gasteiger partial charge is 0.0443 e. The number of para-hydroxylation sites is 2. The molecule has 0 heterocycles. The van der Waals surface area contributed by atoms with E-state index in [0.717, 1.165) is 13.0 Å². The Morgan fingerprint density at radius 2 is 1.60 bits per heavy atom. The van der Waals surface area contributed by atoms with Gasteiger partial charge >= 0.3 is 0 Å². The number of hydrogen-bond donors (Lipinski definition) is 1. The third-order valence-electron chi connectivity index (χ3n) is 3.55. The molecule has 0 aliphatic rings. The van der Waals surface area contributed by atoms with Gasteiger partial charge < -0.3 is 10.6 Å². The standard InChI is InChI=1S/C18H24N2/c1-4-20(17-11-7-5-9-14(17)2)18-12-8-6-10-16(18)13-15(3)19/h5-12,15H,4,13,19H2,1-3H3. The van der Waals surface area contributed by atoms with E-state index in [1.54, 1.807) is 0 Å². The van der Waals surface area contributed by atoms with Crippen LogP contribution in [-0.2, 0) is 6.42 Å². The molecule has 20 heavy (non-hydrogen) atoms. The SMILES string of the molecule is CCN(c1ccccc1C)c1ccccc1CC(C)N. The summed E-state index contributed by atoms with van der Waals surface area (Å²) in [5, 5.41) is 0. The molecule has 0 fully saturated rings. The first-order chi connectivity index (χ1) is 9.63. The fraction of sp³-hybridized carbons (Fsp3) is 0.333. The van der Waals surface area contributed by atoms with Crippen molar-refractivity contribution in [2.75, 3.05) is 11.4 Å². The van der Waals surface area contributed by atoms with Crippen LogP contribution < -0.4 is 10.6 Å². The summed E-state index contributed by atoms with van der Waals surface area (Å²) >= 11 is 0. The number of hydrogen-bond acceptors (Lipinski definition) is 2. The number of anilines is 2. The summed E-state index contributed by atoms with van der Waals surface area (Å²) in [4.78, 5) is 2.37. The molecule has 2 heteroatoms. The number of benzene rings is 2. The molecule has 0 amide bonds. The van der Waals surface area contributed by atoms with Crippen LogP contribution in [0.1, 0.15) is 25.0 Å². The van der Waals surface area contributed by atoms with Gasteiger partial charge in [0.05, 0.1) is 0 Å². The van der Waals surface area contributed by atoms with Crippen LogP contribution in [-0.4, -0.2) is 12.6 Å². The number of nitrogens with two attached hydrogens (primary N) is 1. The van der Waals surface area contributed by atoms with Crippen LogP contribution in [0.5, 0.6) is 0 Å². The van der Waals surface area contributed by atoms with Crippen LogP contribution in [0.3, 0.4) is 0 Å². The highest BCUT2D eigenvalue weighted by molar-refractivity contribution is 5.69. The fourth-order valence-corrected chi connectivity index (χ4v) is 2.63. The van der Waals surface area contributed by atoms with Gasteiger partial charge in [0.15, 0.2) is 0 Å². The number of rotatable bonds is 5. The molecule has 0 aromatic heterocycles. The van der Waals surface area contributed by atoms with E-state index in [9.17, 15) is 0 Å². The van der Waals surface area contributed by atoms with Gasteiger partial charge in [-0.25, -0.2) is 0 Å². The minimum Gasteiger partial charge on any atom is -0.341 e. The van der Waals surface area contributed by atoms with Crippen molar-refractivity contribution in [2.45, 2.75) is 33.2 Å². The van der Waals surface area contributed by atoms with Gasteiger partial charge in [-0.3, -0.25) is 0 Å². The number of nitrogens with zero attached hydrogens (tertiary/aromatic N) is 1. The average Bonchev–Trinajstić information content (AvgIpc) is 2.43. The van der Waals surface area contributed by atoms with Crippen molar-refractivity contribution in [1.82, 2.24) is 0 Å². The first-order valence-corrected chi connectivity index (χ1v) is 7.30. The molecule has 0 bridgehead atoms. The zero-order chi connectivity index (χ0) is 14.5. The van der Waals surface area contributed by atoms with Crippen LogP contribution in [0.2, 0.25) is 0 Å². The summed E-state index contributed by atoms with van der Waals surface area (Å²) in [5.74, 6) is 0. The van der Waals surface area contributed by atoms with E-state index < -0.39 is 0 Å². The average molecular weight is 268 g/mol. The Morgan fingerprint density at radius 1 is 1.00 bits per heavy atom. The molecule has 2 aromatic rings. The van der Waals surface area contributed by atoms with E-state index >= 15 is 0 Å². The zero-order valence-corrected chi connectivity index (χ0v) is 12.6. The third kappa shape index (κ3) is 3.20. The van der Waals surface area contributed by atoms with Crippen molar-refractivity contribution >= 4 is 11.4 Å². The van der Waals surface area contributed by atoms with Crippen LogP contribution in [0, 0.1) is 6.92 Å². The molecule has 2 aromatic carbocycles. The Balaban J connectivity index is 2.45. The van der Waals surface area contributed by atoms with Crippen molar-refractivity contribution < 1.29 is 0 Å². The summed E-state index contributed by atoms with van der Waals surface area (Å²) in [7, 11) is 0. The van der Waals surface area contributed by atoms with E-state index in [1.165, 1.54) is 22.5 Å². The van der Waals surface area contributed by atoms with E-state index in [-0.39, 0.29) is 6.04 Å². The number of aryl methyl sites for hydroxylation is 1. The lowest BCUT2D eigenvalue weighted by molar-refractivity contribution is 0.736. The fourth-order valence-electron chi connectivity index (χ4n) is 2.63. The predicted octanol–water partition coefficient (Wildman–Crippen LogP) is 4.04. The molecular weight excluding hydrogens is 244 g/mol. The molecule has 0 saturated heterocycles. The predicted molar refractivity (Wildman–Crippen MR) is 87.7 cm³/mol. The van der Waals surface area contributed by atoms with Crippen molar-refractivity contribution in [2.24, 2.45) is 5.73 Å². The Hall–Kier alpha value is -1.80. The maximum absolute atomic E-state index is 5.98. The Labute approximate surface area is 122 Å². The van der Waals surface area contributed by atoms with E-state index in [0.29, 0.717) is 0 Å². The molecule has 0 saturated carbocycles. The first-order valence-electron chi connectivity index (χ1n) is 7.30. The molecule has 2 rings (SSSR count). The van der Waals surface area contributed by atoms with Crippen molar-refractivity contribution in [3.05, 3.63) is 59.7 Å². The molecule has 106 valence electrons. The van der Waals surface area contributed by atoms with Crippen LogP contribution in [0.4, 0.5) is 11.4 Å². The molecule has 1 atom stereocenters. The maximum Gasteiger partial charge on any atom is 0.0443 e.